The van der Waals surface area contributed by atoms with Gasteiger partial charge in [-0.3, -0.25) is 5.32 Å². The molecule has 0 aliphatic carbocycles. The number of hydrogen-bond donors (Lipinski definition) is 2. The normalized spacial score (nSPS) is 18.9. The highest BCUT2D eigenvalue weighted by atomic mass is 16.4. The molecule has 18 heavy (non-hydrogen) atoms. The van der Waals surface area contributed by atoms with E-state index in [0.717, 1.165) is 19.4 Å². The van der Waals surface area contributed by atoms with Crippen LogP contribution in [0.5, 0.6) is 0 Å². The lowest BCUT2D eigenvalue weighted by atomic mass is 10.2. The molecule has 1 aliphatic rings. The number of hydrogen-bond acceptors (Lipinski definition) is 5. The smallest absolute Gasteiger partial charge is 0.325 e. The van der Waals surface area contributed by atoms with Crippen molar-refractivity contribution in [3.8, 4) is 0 Å². The molecule has 1 saturated heterocycles. The predicted molar refractivity (Wildman–Crippen MR) is 66.2 cm³/mol. The van der Waals surface area contributed by atoms with Crippen molar-refractivity contribution < 1.29 is 9.21 Å². The quantitative estimate of drug-likeness (QED) is 0.846. The predicted octanol–water partition coefficient (Wildman–Crippen LogP) is 1.37. The SMILES string of the molecule is CCN(CC)C(=O)Nc1nnc(C2CCCN2)o1. The van der Waals surface area contributed by atoms with Gasteiger partial charge in [0.2, 0.25) is 5.89 Å². The van der Waals surface area contributed by atoms with E-state index in [2.05, 4.69) is 20.8 Å². The number of rotatable bonds is 4. The number of aromatic nitrogens is 2. The zero-order valence-corrected chi connectivity index (χ0v) is 10.8. The highest BCUT2D eigenvalue weighted by molar-refractivity contribution is 5.86. The third kappa shape index (κ3) is 2.79. The van der Waals surface area contributed by atoms with Crippen LogP contribution in [0.1, 0.15) is 38.6 Å². The van der Waals surface area contributed by atoms with Crippen LogP contribution in [0.15, 0.2) is 4.42 Å². The van der Waals surface area contributed by atoms with Gasteiger partial charge in [0.25, 0.3) is 0 Å². The van der Waals surface area contributed by atoms with Gasteiger partial charge >= 0.3 is 12.0 Å². The van der Waals surface area contributed by atoms with Crippen LogP contribution in [0.4, 0.5) is 10.8 Å². The van der Waals surface area contributed by atoms with Crippen molar-refractivity contribution in [3.63, 3.8) is 0 Å². The maximum absolute atomic E-state index is 11.8. The van der Waals surface area contributed by atoms with Crippen LogP contribution < -0.4 is 10.6 Å². The third-order valence-corrected chi connectivity index (χ3v) is 3.06. The maximum Gasteiger partial charge on any atom is 0.325 e. The summed E-state index contributed by atoms with van der Waals surface area (Å²) < 4.78 is 5.43. The van der Waals surface area contributed by atoms with Gasteiger partial charge in [-0.2, -0.15) is 0 Å². The van der Waals surface area contributed by atoms with E-state index >= 15 is 0 Å². The van der Waals surface area contributed by atoms with E-state index in [1.807, 2.05) is 13.8 Å². The molecule has 0 aromatic carbocycles. The van der Waals surface area contributed by atoms with E-state index in [0.29, 0.717) is 19.0 Å². The Kier molecular flexibility index (Phi) is 4.14. The Morgan fingerprint density at radius 1 is 1.50 bits per heavy atom. The number of anilines is 1. The summed E-state index contributed by atoms with van der Waals surface area (Å²) in [5.41, 5.74) is 0. The molecule has 1 atom stereocenters. The van der Waals surface area contributed by atoms with Crippen molar-refractivity contribution >= 4 is 12.0 Å². The summed E-state index contributed by atoms with van der Waals surface area (Å²) in [7, 11) is 0. The number of nitrogens with one attached hydrogen (secondary N) is 2. The van der Waals surface area contributed by atoms with Crippen molar-refractivity contribution in [1.29, 1.82) is 0 Å². The molecule has 0 spiro atoms. The molecule has 0 bridgehead atoms. The van der Waals surface area contributed by atoms with E-state index < -0.39 is 0 Å². The highest BCUT2D eigenvalue weighted by Gasteiger charge is 2.23. The summed E-state index contributed by atoms with van der Waals surface area (Å²) in [4.78, 5) is 13.4. The van der Waals surface area contributed by atoms with Crippen LogP contribution >= 0.6 is 0 Å². The van der Waals surface area contributed by atoms with Crippen LogP contribution in [0.25, 0.3) is 0 Å². The second kappa shape index (κ2) is 5.81. The van der Waals surface area contributed by atoms with Gasteiger partial charge in [-0.1, -0.05) is 5.10 Å². The Balaban J connectivity index is 1.95. The minimum atomic E-state index is -0.213. The molecular formula is C11H19N5O2. The van der Waals surface area contributed by atoms with Crippen LogP contribution in [0.3, 0.4) is 0 Å². The van der Waals surface area contributed by atoms with Crippen LogP contribution in [-0.4, -0.2) is 40.8 Å². The number of urea groups is 1. The first-order valence-corrected chi connectivity index (χ1v) is 6.37. The van der Waals surface area contributed by atoms with Gasteiger partial charge < -0.3 is 14.6 Å². The van der Waals surface area contributed by atoms with Gasteiger partial charge in [-0.15, -0.1) is 5.10 Å². The van der Waals surface area contributed by atoms with Crippen molar-refractivity contribution in [2.24, 2.45) is 0 Å². The lowest BCUT2D eigenvalue weighted by molar-refractivity contribution is 0.216. The minimum absolute atomic E-state index is 0.122. The van der Waals surface area contributed by atoms with E-state index in [1.54, 1.807) is 4.90 Å². The standard InChI is InChI=1S/C11H19N5O2/c1-3-16(4-2)11(17)13-10-15-14-9(18-10)8-6-5-7-12-8/h8,12H,3-7H2,1-2H3,(H,13,15,17). The molecule has 1 aromatic heterocycles. The molecule has 7 nitrogen and oxygen atoms in total. The molecule has 1 fully saturated rings. The first kappa shape index (κ1) is 12.8. The molecule has 7 heteroatoms. The van der Waals surface area contributed by atoms with Gasteiger partial charge in [-0.05, 0) is 33.2 Å². The van der Waals surface area contributed by atoms with Crippen molar-refractivity contribution in [3.05, 3.63) is 5.89 Å². The summed E-state index contributed by atoms with van der Waals surface area (Å²) >= 11 is 0. The topological polar surface area (TPSA) is 83.3 Å². The highest BCUT2D eigenvalue weighted by Crippen LogP contribution is 2.22. The van der Waals surface area contributed by atoms with E-state index in [-0.39, 0.29) is 18.1 Å². The lowest BCUT2D eigenvalue weighted by Gasteiger charge is -2.17. The molecule has 0 saturated carbocycles. The summed E-state index contributed by atoms with van der Waals surface area (Å²) in [5.74, 6) is 0.544. The Morgan fingerprint density at radius 2 is 2.28 bits per heavy atom. The number of amides is 2. The number of nitrogens with zero attached hydrogens (tertiary/aromatic N) is 3. The van der Waals surface area contributed by atoms with Crippen molar-refractivity contribution in [2.75, 3.05) is 25.0 Å². The molecule has 1 unspecified atom stereocenters. The molecule has 2 rings (SSSR count). The van der Waals surface area contributed by atoms with Crippen LogP contribution in [0.2, 0.25) is 0 Å². The summed E-state index contributed by atoms with van der Waals surface area (Å²) in [5, 5.41) is 13.7. The molecule has 0 radical (unpaired) electrons. The number of carbonyl (C=O) groups excluding carboxylic acids is 1. The molecule has 2 heterocycles. The summed E-state index contributed by atoms with van der Waals surface area (Å²) in [6, 6.07) is 0.0711. The average Bonchev–Trinajstić information content (AvgIpc) is 3.00. The Bertz CT molecular complexity index is 396. The van der Waals surface area contributed by atoms with E-state index in [9.17, 15) is 4.79 Å². The van der Waals surface area contributed by atoms with Gasteiger partial charge in [-0.25, -0.2) is 4.79 Å². The fraction of sp³-hybridized carbons (Fsp3) is 0.727. The van der Waals surface area contributed by atoms with Gasteiger partial charge in [0.15, 0.2) is 0 Å². The summed E-state index contributed by atoms with van der Waals surface area (Å²) in [6.45, 7) is 6.10. The monoisotopic (exact) mass is 253 g/mol. The fourth-order valence-electron chi connectivity index (χ4n) is 2.00. The van der Waals surface area contributed by atoms with E-state index in [1.165, 1.54) is 0 Å². The Morgan fingerprint density at radius 3 is 2.89 bits per heavy atom. The second-order valence-electron chi connectivity index (χ2n) is 4.20. The molecule has 2 amide bonds. The zero-order chi connectivity index (χ0) is 13.0. The number of carbonyl (C=O) groups is 1. The lowest BCUT2D eigenvalue weighted by Crippen LogP contribution is -2.34. The van der Waals surface area contributed by atoms with Gasteiger partial charge in [0.1, 0.15) is 0 Å². The van der Waals surface area contributed by atoms with Crippen LogP contribution in [0, 0.1) is 0 Å². The van der Waals surface area contributed by atoms with Crippen molar-refractivity contribution in [1.82, 2.24) is 20.4 Å². The fourth-order valence-corrected chi connectivity index (χ4v) is 2.00. The first-order valence-electron chi connectivity index (χ1n) is 6.37. The molecule has 100 valence electrons. The Labute approximate surface area is 106 Å². The van der Waals surface area contributed by atoms with E-state index in [4.69, 9.17) is 4.42 Å². The van der Waals surface area contributed by atoms with Crippen LogP contribution in [-0.2, 0) is 0 Å². The maximum atomic E-state index is 11.8. The first-order chi connectivity index (χ1) is 8.74. The average molecular weight is 253 g/mol. The third-order valence-electron chi connectivity index (χ3n) is 3.06. The Hall–Kier alpha value is -1.63. The second-order valence-corrected chi connectivity index (χ2v) is 4.20. The molecule has 2 N–H and O–H groups in total. The van der Waals surface area contributed by atoms with Gasteiger partial charge in [0, 0.05) is 13.1 Å². The van der Waals surface area contributed by atoms with Gasteiger partial charge in [0.05, 0.1) is 6.04 Å². The molecule has 1 aliphatic heterocycles. The molecular weight excluding hydrogens is 234 g/mol. The molecule has 1 aromatic rings. The largest absolute Gasteiger partial charge is 0.406 e. The minimum Gasteiger partial charge on any atom is -0.406 e. The summed E-state index contributed by atoms with van der Waals surface area (Å²) in [6.07, 6.45) is 2.10. The van der Waals surface area contributed by atoms with Crippen molar-refractivity contribution in [2.45, 2.75) is 32.7 Å². The zero-order valence-electron chi connectivity index (χ0n) is 10.8.